The van der Waals surface area contributed by atoms with E-state index in [2.05, 4.69) is 0 Å². The van der Waals surface area contributed by atoms with E-state index in [0.29, 0.717) is 11.5 Å². The molecule has 0 amide bonds. The fraction of sp³-hybridized carbons (Fsp3) is 0.200. The van der Waals surface area contributed by atoms with E-state index in [9.17, 15) is 5.11 Å². The smallest absolute Gasteiger partial charge is 0.161 e. The van der Waals surface area contributed by atoms with Crippen molar-refractivity contribution in [1.29, 1.82) is 0 Å². The highest BCUT2D eigenvalue weighted by atomic mass is 32.2. The zero-order valence-electron chi connectivity index (χ0n) is 10.9. The maximum atomic E-state index is 9.32. The molecule has 0 heterocycles. The molecule has 0 aliphatic heterocycles. The van der Waals surface area contributed by atoms with Gasteiger partial charge in [-0.05, 0) is 29.8 Å². The number of aliphatic hydroxyl groups excluding tert-OH is 1. The van der Waals surface area contributed by atoms with E-state index < -0.39 is 0 Å². The van der Waals surface area contributed by atoms with Crippen LogP contribution >= 0.6 is 11.8 Å². The fourth-order valence-electron chi connectivity index (χ4n) is 1.74. The van der Waals surface area contributed by atoms with Gasteiger partial charge in [-0.25, -0.2) is 0 Å². The van der Waals surface area contributed by atoms with Crippen molar-refractivity contribution in [3.05, 3.63) is 48.0 Å². The number of ether oxygens (including phenoxy) is 2. The lowest BCUT2D eigenvalue weighted by Crippen LogP contribution is -1.91. The Kier molecular flexibility index (Phi) is 4.71. The van der Waals surface area contributed by atoms with Gasteiger partial charge in [-0.3, -0.25) is 0 Å². The molecular weight excluding hydrogens is 260 g/mol. The Morgan fingerprint density at radius 1 is 1.00 bits per heavy atom. The normalized spacial score (nSPS) is 10.3. The lowest BCUT2D eigenvalue weighted by atomic mass is 10.2. The molecule has 0 aliphatic carbocycles. The summed E-state index contributed by atoms with van der Waals surface area (Å²) >= 11 is 1.59. The van der Waals surface area contributed by atoms with Gasteiger partial charge in [-0.2, -0.15) is 0 Å². The van der Waals surface area contributed by atoms with Gasteiger partial charge in [-0.15, -0.1) is 0 Å². The number of aliphatic hydroxyl groups is 1. The highest BCUT2D eigenvalue weighted by Crippen LogP contribution is 2.36. The second-order valence-corrected chi connectivity index (χ2v) is 5.00. The minimum absolute atomic E-state index is 0.0382. The van der Waals surface area contributed by atoms with Crippen molar-refractivity contribution in [1.82, 2.24) is 0 Å². The van der Waals surface area contributed by atoms with E-state index in [1.807, 2.05) is 42.5 Å². The van der Waals surface area contributed by atoms with Gasteiger partial charge in [0, 0.05) is 9.79 Å². The molecule has 0 aromatic heterocycles. The van der Waals surface area contributed by atoms with E-state index in [4.69, 9.17) is 9.47 Å². The number of methoxy groups -OCH3 is 2. The third-order valence-electron chi connectivity index (χ3n) is 2.73. The molecule has 0 saturated heterocycles. The van der Waals surface area contributed by atoms with Crippen molar-refractivity contribution in [3.63, 3.8) is 0 Å². The Hall–Kier alpha value is -1.65. The molecule has 0 spiro atoms. The van der Waals surface area contributed by atoms with Crippen LogP contribution in [0.4, 0.5) is 0 Å². The van der Waals surface area contributed by atoms with Gasteiger partial charge in [0.1, 0.15) is 0 Å². The van der Waals surface area contributed by atoms with E-state index in [0.717, 1.165) is 15.4 Å². The third kappa shape index (κ3) is 3.22. The van der Waals surface area contributed by atoms with E-state index in [1.54, 1.807) is 26.0 Å². The van der Waals surface area contributed by atoms with Gasteiger partial charge in [0.05, 0.1) is 20.8 Å². The minimum atomic E-state index is 0.0382. The van der Waals surface area contributed by atoms with Crippen molar-refractivity contribution in [2.75, 3.05) is 14.2 Å². The van der Waals surface area contributed by atoms with Crippen LogP contribution in [-0.2, 0) is 6.61 Å². The summed E-state index contributed by atoms with van der Waals surface area (Å²) in [5, 5.41) is 9.32. The van der Waals surface area contributed by atoms with Gasteiger partial charge in [0.15, 0.2) is 11.5 Å². The van der Waals surface area contributed by atoms with Crippen LogP contribution in [-0.4, -0.2) is 19.3 Å². The Bertz CT molecular complexity index is 555. The summed E-state index contributed by atoms with van der Waals surface area (Å²) in [6.45, 7) is 0.0382. The number of hydrogen-bond acceptors (Lipinski definition) is 4. The first kappa shape index (κ1) is 13.8. The van der Waals surface area contributed by atoms with Crippen molar-refractivity contribution in [3.8, 4) is 11.5 Å². The molecule has 2 aromatic rings. The largest absolute Gasteiger partial charge is 0.493 e. The van der Waals surface area contributed by atoms with Crippen LogP contribution in [0.5, 0.6) is 11.5 Å². The molecule has 2 aromatic carbocycles. The first-order chi connectivity index (χ1) is 9.28. The van der Waals surface area contributed by atoms with Gasteiger partial charge >= 0.3 is 0 Å². The zero-order valence-corrected chi connectivity index (χ0v) is 11.7. The topological polar surface area (TPSA) is 38.7 Å². The summed E-state index contributed by atoms with van der Waals surface area (Å²) < 4.78 is 10.5. The van der Waals surface area contributed by atoms with E-state index in [1.165, 1.54) is 0 Å². The Labute approximate surface area is 117 Å². The molecule has 0 bridgehead atoms. The molecule has 2 rings (SSSR count). The second-order valence-electron chi connectivity index (χ2n) is 3.88. The lowest BCUT2D eigenvalue weighted by Gasteiger charge is -2.10. The van der Waals surface area contributed by atoms with Crippen LogP contribution in [0.2, 0.25) is 0 Å². The van der Waals surface area contributed by atoms with E-state index in [-0.39, 0.29) is 6.61 Å². The molecule has 0 aliphatic rings. The zero-order chi connectivity index (χ0) is 13.7. The number of rotatable bonds is 5. The first-order valence-electron chi connectivity index (χ1n) is 5.87. The molecule has 0 fully saturated rings. The molecule has 0 saturated carbocycles. The Morgan fingerprint density at radius 2 is 1.74 bits per heavy atom. The predicted molar refractivity (Wildman–Crippen MR) is 76.0 cm³/mol. The summed E-state index contributed by atoms with van der Waals surface area (Å²) in [5.41, 5.74) is 0.919. The Balaban J connectivity index is 2.28. The summed E-state index contributed by atoms with van der Waals surface area (Å²) in [5.74, 6) is 1.41. The predicted octanol–water partition coefficient (Wildman–Crippen LogP) is 3.35. The standard InChI is InChI=1S/C15H16O3S/c1-17-13-8-7-12(9-14(13)18-2)19-15-6-4-3-5-11(15)10-16/h3-9,16H,10H2,1-2H3. The van der Waals surface area contributed by atoms with E-state index >= 15 is 0 Å². The highest BCUT2D eigenvalue weighted by Gasteiger charge is 2.07. The van der Waals surface area contributed by atoms with Gasteiger partial charge in [0.25, 0.3) is 0 Å². The van der Waals surface area contributed by atoms with Crippen LogP contribution in [0.15, 0.2) is 52.3 Å². The fourth-order valence-corrected chi connectivity index (χ4v) is 2.71. The number of benzene rings is 2. The quantitative estimate of drug-likeness (QED) is 0.909. The molecule has 19 heavy (non-hydrogen) atoms. The van der Waals surface area contributed by atoms with Crippen molar-refractivity contribution >= 4 is 11.8 Å². The highest BCUT2D eigenvalue weighted by molar-refractivity contribution is 7.99. The molecule has 3 nitrogen and oxygen atoms in total. The van der Waals surface area contributed by atoms with Gasteiger partial charge < -0.3 is 14.6 Å². The Morgan fingerprint density at radius 3 is 2.42 bits per heavy atom. The average molecular weight is 276 g/mol. The summed E-state index contributed by atoms with van der Waals surface area (Å²) in [6, 6.07) is 13.6. The van der Waals surface area contributed by atoms with Crippen LogP contribution in [0.25, 0.3) is 0 Å². The maximum Gasteiger partial charge on any atom is 0.161 e. The molecule has 100 valence electrons. The van der Waals surface area contributed by atoms with Crippen LogP contribution in [0.3, 0.4) is 0 Å². The average Bonchev–Trinajstić information content (AvgIpc) is 2.47. The third-order valence-corrected chi connectivity index (χ3v) is 3.83. The molecule has 1 N–H and O–H groups in total. The van der Waals surface area contributed by atoms with Crippen LogP contribution in [0, 0.1) is 0 Å². The van der Waals surface area contributed by atoms with Crippen LogP contribution < -0.4 is 9.47 Å². The monoisotopic (exact) mass is 276 g/mol. The second kappa shape index (κ2) is 6.50. The molecule has 4 heteroatoms. The molecule has 0 atom stereocenters. The minimum Gasteiger partial charge on any atom is -0.493 e. The van der Waals surface area contributed by atoms with Gasteiger partial charge in [0.2, 0.25) is 0 Å². The first-order valence-corrected chi connectivity index (χ1v) is 6.68. The molecular formula is C15H16O3S. The summed E-state index contributed by atoms with van der Waals surface area (Å²) in [7, 11) is 3.24. The summed E-state index contributed by atoms with van der Waals surface area (Å²) in [4.78, 5) is 2.08. The molecule has 0 unspecified atom stereocenters. The van der Waals surface area contributed by atoms with Crippen molar-refractivity contribution < 1.29 is 14.6 Å². The SMILES string of the molecule is COc1ccc(Sc2ccccc2CO)cc1OC. The number of hydrogen-bond donors (Lipinski definition) is 1. The van der Waals surface area contributed by atoms with Crippen molar-refractivity contribution in [2.24, 2.45) is 0 Å². The van der Waals surface area contributed by atoms with Crippen LogP contribution in [0.1, 0.15) is 5.56 Å². The summed E-state index contributed by atoms with van der Waals surface area (Å²) in [6.07, 6.45) is 0. The maximum absolute atomic E-state index is 9.32. The molecule has 0 radical (unpaired) electrons. The van der Waals surface area contributed by atoms with Crippen molar-refractivity contribution in [2.45, 2.75) is 16.4 Å². The van der Waals surface area contributed by atoms with Gasteiger partial charge in [-0.1, -0.05) is 30.0 Å². The lowest BCUT2D eigenvalue weighted by molar-refractivity contribution is 0.279.